The van der Waals surface area contributed by atoms with E-state index in [4.69, 9.17) is 27.1 Å². The molecule has 1 amide bonds. The van der Waals surface area contributed by atoms with Gasteiger partial charge in [-0.3, -0.25) is 42.1 Å². The zero-order chi connectivity index (χ0) is 24.9. The largest absolute Gasteiger partial charge is 0.475 e. The number of nitrogens with one attached hydrogen (secondary N) is 1. The lowest BCUT2D eigenvalue weighted by Gasteiger charge is -2.25. The highest BCUT2D eigenvalue weighted by molar-refractivity contribution is 7.48. The lowest BCUT2D eigenvalue weighted by atomic mass is 10.1. The highest BCUT2D eigenvalue weighted by Crippen LogP contribution is 2.52. The van der Waals surface area contributed by atoms with E-state index < -0.39 is 44.9 Å². The van der Waals surface area contributed by atoms with Gasteiger partial charge in [-0.1, -0.05) is 12.1 Å². The van der Waals surface area contributed by atoms with Gasteiger partial charge in [0.2, 0.25) is 0 Å². The number of rotatable bonds is 17. The van der Waals surface area contributed by atoms with E-state index in [2.05, 4.69) is 5.32 Å². The van der Waals surface area contributed by atoms with Crippen LogP contribution in [0.5, 0.6) is 0 Å². The van der Waals surface area contributed by atoms with Gasteiger partial charge in [-0.25, -0.2) is 9.13 Å². The number of carbonyl (C=O) groups is 1. The minimum absolute atomic E-state index is 0.00378. The van der Waals surface area contributed by atoms with E-state index in [1.807, 2.05) is 0 Å². The van der Waals surface area contributed by atoms with Crippen molar-refractivity contribution in [2.75, 3.05) is 39.6 Å². The molecule has 15 heteroatoms. The molecule has 1 rings (SSSR count). The van der Waals surface area contributed by atoms with Gasteiger partial charge < -0.3 is 5.32 Å². The van der Waals surface area contributed by atoms with Crippen LogP contribution >= 0.6 is 15.6 Å². The second kappa shape index (κ2) is 14.5. The quantitative estimate of drug-likeness (QED) is 0.182. The standard InChI is InChI=1S/C18H30N2O11P2/c1-5-26-32(24,27-6-2)30-14-15(31-33(25,28-7-3)29-8-4)13-19-18(21)16-11-9-10-12-17(16)20(22)23/h9-12,15H,5-8,13-14H2,1-4H3,(H,19,21). The number of phosphoric ester groups is 2. The first-order valence-electron chi connectivity index (χ1n) is 10.3. The minimum Gasteiger partial charge on any atom is -0.349 e. The van der Waals surface area contributed by atoms with Gasteiger partial charge in [-0.05, 0) is 33.8 Å². The Morgan fingerprint density at radius 1 is 0.939 bits per heavy atom. The van der Waals surface area contributed by atoms with Crippen molar-refractivity contribution in [3.8, 4) is 0 Å². The highest BCUT2D eigenvalue weighted by Gasteiger charge is 2.34. The summed E-state index contributed by atoms with van der Waals surface area (Å²) in [4.78, 5) is 23.0. The van der Waals surface area contributed by atoms with E-state index in [0.717, 1.165) is 0 Å². The lowest BCUT2D eigenvalue weighted by Crippen LogP contribution is -2.36. The van der Waals surface area contributed by atoms with E-state index in [9.17, 15) is 24.0 Å². The van der Waals surface area contributed by atoms with Crippen molar-refractivity contribution in [1.82, 2.24) is 5.32 Å². The summed E-state index contributed by atoms with van der Waals surface area (Å²) in [5.41, 5.74) is -0.579. The van der Waals surface area contributed by atoms with Crippen LogP contribution in [0.15, 0.2) is 24.3 Å². The Kier molecular flexibility index (Phi) is 12.9. The molecule has 0 saturated carbocycles. The Bertz CT molecular complexity index is 848. The van der Waals surface area contributed by atoms with Crippen LogP contribution in [0, 0.1) is 10.1 Å². The molecule has 13 nitrogen and oxygen atoms in total. The first kappa shape index (κ1) is 29.3. The minimum atomic E-state index is -4.06. The number of nitrogens with zero attached hydrogens (tertiary/aromatic N) is 1. The predicted octanol–water partition coefficient (Wildman–Crippen LogP) is 4.09. The second-order valence-corrected chi connectivity index (χ2v) is 9.36. The molecule has 0 aliphatic carbocycles. The maximum Gasteiger partial charge on any atom is 0.475 e. The maximum atomic E-state index is 12.8. The number of benzene rings is 1. The second-order valence-electron chi connectivity index (χ2n) is 6.07. The Hall–Kier alpha value is -1.69. The van der Waals surface area contributed by atoms with E-state index in [1.54, 1.807) is 27.7 Å². The van der Waals surface area contributed by atoms with Crippen LogP contribution < -0.4 is 5.32 Å². The fourth-order valence-electron chi connectivity index (χ4n) is 2.45. The summed E-state index contributed by atoms with van der Waals surface area (Å²) >= 11 is 0. The molecule has 0 heterocycles. The third-order valence-electron chi connectivity index (χ3n) is 3.68. The molecular weight excluding hydrogens is 482 g/mol. The Morgan fingerprint density at radius 2 is 1.45 bits per heavy atom. The number of amides is 1. The van der Waals surface area contributed by atoms with Gasteiger partial charge >= 0.3 is 15.6 Å². The number of nitro benzene ring substituents is 1. The zero-order valence-corrected chi connectivity index (χ0v) is 20.8. The highest BCUT2D eigenvalue weighted by atomic mass is 31.2. The van der Waals surface area contributed by atoms with Gasteiger partial charge in [-0.15, -0.1) is 0 Å². The molecule has 0 spiro atoms. The monoisotopic (exact) mass is 512 g/mol. The first-order chi connectivity index (χ1) is 15.6. The van der Waals surface area contributed by atoms with Crippen LogP contribution in [0.2, 0.25) is 0 Å². The van der Waals surface area contributed by atoms with Gasteiger partial charge in [0, 0.05) is 12.6 Å². The Morgan fingerprint density at radius 3 is 1.97 bits per heavy atom. The van der Waals surface area contributed by atoms with Gasteiger partial charge in [0.05, 0.1) is 38.0 Å². The predicted molar refractivity (Wildman–Crippen MR) is 118 cm³/mol. The van der Waals surface area contributed by atoms with Crippen molar-refractivity contribution in [3.63, 3.8) is 0 Å². The summed E-state index contributed by atoms with van der Waals surface area (Å²) in [6, 6.07) is 5.36. The number of phosphoric acid groups is 2. The Balaban J connectivity index is 3.04. The average molecular weight is 512 g/mol. The van der Waals surface area contributed by atoms with E-state index in [0.29, 0.717) is 0 Å². The molecule has 0 bridgehead atoms. The summed E-state index contributed by atoms with van der Waals surface area (Å²) < 4.78 is 56.4. The van der Waals surface area contributed by atoms with Gasteiger partial charge in [0.15, 0.2) is 0 Å². The summed E-state index contributed by atoms with van der Waals surface area (Å²) in [6.07, 6.45) is -1.20. The van der Waals surface area contributed by atoms with Crippen molar-refractivity contribution in [1.29, 1.82) is 0 Å². The number of nitro groups is 1. The number of hydrogen-bond acceptors (Lipinski definition) is 11. The average Bonchev–Trinajstić information content (AvgIpc) is 2.76. The number of carbonyl (C=O) groups excluding carboxylic acids is 1. The number of hydrogen-bond donors (Lipinski definition) is 1. The van der Waals surface area contributed by atoms with Gasteiger partial charge in [0.1, 0.15) is 11.7 Å². The molecule has 0 aliphatic rings. The normalized spacial score (nSPS) is 13.0. The van der Waals surface area contributed by atoms with Crippen LogP contribution in [-0.4, -0.2) is 56.5 Å². The molecular formula is C18H30N2O11P2. The molecule has 188 valence electrons. The number of para-hydroxylation sites is 1. The maximum absolute atomic E-state index is 12.8. The van der Waals surface area contributed by atoms with E-state index in [-0.39, 0.29) is 38.5 Å². The molecule has 1 N–H and O–H groups in total. The van der Waals surface area contributed by atoms with Crippen molar-refractivity contribution in [2.45, 2.75) is 33.8 Å². The van der Waals surface area contributed by atoms with Gasteiger partial charge in [-0.2, -0.15) is 0 Å². The topological polar surface area (TPSA) is 162 Å². The third-order valence-corrected chi connectivity index (χ3v) is 7.00. The van der Waals surface area contributed by atoms with Crippen LogP contribution in [0.3, 0.4) is 0 Å². The fourth-order valence-corrected chi connectivity index (χ4v) is 4.99. The van der Waals surface area contributed by atoms with Crippen molar-refractivity contribution in [3.05, 3.63) is 39.9 Å². The van der Waals surface area contributed by atoms with Crippen molar-refractivity contribution >= 4 is 27.2 Å². The molecule has 0 fully saturated rings. The van der Waals surface area contributed by atoms with Crippen molar-refractivity contribution < 1.29 is 46.0 Å². The van der Waals surface area contributed by atoms with Crippen LogP contribution in [0.25, 0.3) is 0 Å². The smallest absolute Gasteiger partial charge is 0.349 e. The lowest BCUT2D eigenvalue weighted by molar-refractivity contribution is -0.385. The van der Waals surface area contributed by atoms with Crippen LogP contribution in [0.1, 0.15) is 38.1 Å². The molecule has 0 aromatic heterocycles. The SMILES string of the molecule is CCOP(=O)(OCC)OCC(CNC(=O)c1ccccc1[N+](=O)[O-])OP(=O)(OCC)OCC. The first-order valence-corrected chi connectivity index (χ1v) is 13.2. The summed E-state index contributed by atoms with van der Waals surface area (Å²) in [7, 11) is -8.01. The van der Waals surface area contributed by atoms with Crippen molar-refractivity contribution in [2.24, 2.45) is 0 Å². The molecule has 1 aromatic rings. The Labute approximate surface area is 192 Å². The summed E-state index contributed by atoms with van der Waals surface area (Å²) in [5, 5.41) is 13.6. The molecule has 0 radical (unpaired) electrons. The van der Waals surface area contributed by atoms with Crippen LogP contribution in [0.4, 0.5) is 5.69 Å². The van der Waals surface area contributed by atoms with E-state index in [1.165, 1.54) is 24.3 Å². The molecule has 0 saturated heterocycles. The zero-order valence-electron chi connectivity index (χ0n) is 19.0. The summed E-state index contributed by atoms with van der Waals surface area (Å²) in [6.45, 7) is 5.59. The third kappa shape index (κ3) is 9.99. The van der Waals surface area contributed by atoms with Gasteiger partial charge in [0.25, 0.3) is 11.6 Å². The van der Waals surface area contributed by atoms with E-state index >= 15 is 0 Å². The molecule has 1 unspecified atom stereocenters. The van der Waals surface area contributed by atoms with Crippen LogP contribution in [-0.2, 0) is 36.3 Å². The molecule has 1 aromatic carbocycles. The molecule has 33 heavy (non-hydrogen) atoms. The molecule has 1 atom stereocenters. The summed E-state index contributed by atoms with van der Waals surface area (Å²) in [5.74, 6) is -0.781. The molecule has 0 aliphatic heterocycles. The fraction of sp³-hybridized carbons (Fsp3) is 0.611.